The van der Waals surface area contributed by atoms with E-state index < -0.39 is 16.4 Å². The van der Waals surface area contributed by atoms with Crippen LogP contribution >= 0.6 is 11.8 Å². The Kier molecular flexibility index (Phi) is 5.36. The van der Waals surface area contributed by atoms with Crippen LogP contribution in [-0.2, 0) is 6.42 Å². The second-order valence-corrected chi connectivity index (χ2v) is 6.25. The number of nitro groups is 1. The first-order valence-electron chi connectivity index (χ1n) is 7.76. The van der Waals surface area contributed by atoms with E-state index >= 15 is 0 Å². The number of nitrogens with zero attached hydrogens (tertiary/aromatic N) is 5. The van der Waals surface area contributed by atoms with Gasteiger partial charge in [-0.05, 0) is 11.8 Å². The molecule has 1 heterocycles. The summed E-state index contributed by atoms with van der Waals surface area (Å²) in [6.07, 6.45) is 3.58. The van der Waals surface area contributed by atoms with Crippen molar-refractivity contribution in [2.45, 2.75) is 11.6 Å². The molecular formula is C17H15N5O4S. The van der Waals surface area contributed by atoms with E-state index in [1.54, 1.807) is 0 Å². The monoisotopic (exact) mass is 385 g/mol. The summed E-state index contributed by atoms with van der Waals surface area (Å²) < 4.78 is 1.51. The molecule has 1 aromatic heterocycles. The van der Waals surface area contributed by atoms with Gasteiger partial charge in [-0.15, -0.1) is 10.2 Å². The number of nitro benzene ring substituents is 1. The fourth-order valence-corrected chi connectivity index (χ4v) is 2.83. The van der Waals surface area contributed by atoms with E-state index in [0.29, 0.717) is 17.4 Å². The van der Waals surface area contributed by atoms with Gasteiger partial charge in [-0.2, -0.15) is 9.78 Å². The minimum atomic E-state index is -0.737. The van der Waals surface area contributed by atoms with Gasteiger partial charge in [0.25, 0.3) is 0 Å². The van der Waals surface area contributed by atoms with Crippen molar-refractivity contribution >= 4 is 23.7 Å². The Morgan fingerprint density at radius 1 is 1.22 bits per heavy atom. The highest BCUT2D eigenvalue weighted by Crippen LogP contribution is 2.32. The molecule has 27 heavy (non-hydrogen) atoms. The van der Waals surface area contributed by atoms with E-state index in [1.807, 2.05) is 36.6 Å². The molecule has 0 saturated heterocycles. The quantitative estimate of drug-likeness (QED) is 0.289. The Balaban J connectivity index is 1.97. The molecule has 138 valence electrons. The fraction of sp³-hybridized carbons (Fsp3) is 0.118. The summed E-state index contributed by atoms with van der Waals surface area (Å²) in [5, 5.41) is 43.5. The van der Waals surface area contributed by atoms with Crippen molar-refractivity contribution in [2.75, 3.05) is 6.26 Å². The number of phenols is 2. The largest absolute Gasteiger partial charge is 0.507 e. The molecule has 0 saturated carbocycles. The predicted octanol–water partition coefficient (Wildman–Crippen LogP) is 2.79. The number of aromatic nitrogens is 3. The average Bonchev–Trinajstić information content (AvgIpc) is 3.03. The molecule has 0 aliphatic carbocycles. The highest BCUT2D eigenvalue weighted by Gasteiger charge is 2.17. The van der Waals surface area contributed by atoms with E-state index in [2.05, 4.69) is 15.3 Å². The molecule has 2 aromatic carbocycles. The molecule has 0 radical (unpaired) electrons. The van der Waals surface area contributed by atoms with Crippen LogP contribution in [0.2, 0.25) is 0 Å². The van der Waals surface area contributed by atoms with Gasteiger partial charge in [0.05, 0.1) is 11.1 Å². The van der Waals surface area contributed by atoms with Crippen molar-refractivity contribution in [3.63, 3.8) is 0 Å². The van der Waals surface area contributed by atoms with E-state index in [-0.39, 0.29) is 11.3 Å². The van der Waals surface area contributed by atoms with Crippen molar-refractivity contribution in [2.24, 2.45) is 5.10 Å². The molecule has 0 aliphatic heterocycles. The minimum Gasteiger partial charge on any atom is -0.507 e. The minimum absolute atomic E-state index is 0.0888. The van der Waals surface area contributed by atoms with Crippen LogP contribution in [0.1, 0.15) is 17.0 Å². The fourth-order valence-electron chi connectivity index (χ4n) is 2.38. The Hall–Kier alpha value is -3.40. The van der Waals surface area contributed by atoms with Gasteiger partial charge in [-0.1, -0.05) is 42.1 Å². The van der Waals surface area contributed by atoms with Gasteiger partial charge in [-0.25, -0.2) is 0 Å². The average molecular weight is 385 g/mol. The van der Waals surface area contributed by atoms with Gasteiger partial charge >= 0.3 is 5.69 Å². The zero-order valence-electron chi connectivity index (χ0n) is 14.2. The smallest absolute Gasteiger partial charge is 0.311 e. The van der Waals surface area contributed by atoms with Gasteiger partial charge in [0.1, 0.15) is 5.75 Å². The van der Waals surface area contributed by atoms with Crippen molar-refractivity contribution < 1.29 is 15.1 Å². The summed E-state index contributed by atoms with van der Waals surface area (Å²) in [5.41, 5.74) is 0.593. The first-order valence-corrected chi connectivity index (χ1v) is 8.99. The van der Waals surface area contributed by atoms with Crippen LogP contribution in [0.25, 0.3) is 0 Å². The van der Waals surface area contributed by atoms with Crippen molar-refractivity contribution in [1.29, 1.82) is 0 Å². The molecule has 2 N–H and O–H groups in total. The molecule has 3 aromatic rings. The Morgan fingerprint density at radius 2 is 1.96 bits per heavy atom. The zero-order chi connectivity index (χ0) is 19.4. The summed E-state index contributed by atoms with van der Waals surface area (Å²) in [6, 6.07) is 11.6. The van der Waals surface area contributed by atoms with Crippen LogP contribution in [0, 0.1) is 10.1 Å². The molecule has 0 unspecified atom stereocenters. The maximum atomic E-state index is 11.0. The Labute approximate surface area is 158 Å². The summed E-state index contributed by atoms with van der Waals surface area (Å²) in [6.45, 7) is 0. The summed E-state index contributed by atoms with van der Waals surface area (Å²) >= 11 is 1.34. The topological polar surface area (TPSA) is 127 Å². The lowest BCUT2D eigenvalue weighted by Gasteiger charge is -2.04. The number of phenolic OH excluding ortho intramolecular Hbond substituents is 2. The lowest BCUT2D eigenvalue weighted by Crippen LogP contribution is -2.01. The van der Waals surface area contributed by atoms with E-state index in [9.17, 15) is 20.3 Å². The van der Waals surface area contributed by atoms with E-state index in [0.717, 1.165) is 17.7 Å². The molecule has 9 nitrogen and oxygen atoms in total. The second kappa shape index (κ2) is 7.87. The number of rotatable bonds is 6. The van der Waals surface area contributed by atoms with Crippen LogP contribution in [-0.4, -0.2) is 42.5 Å². The van der Waals surface area contributed by atoms with Crippen molar-refractivity contribution in [3.8, 4) is 11.5 Å². The predicted molar refractivity (Wildman–Crippen MR) is 100 cm³/mol. The number of thioether (sulfide) groups is 1. The maximum Gasteiger partial charge on any atom is 0.311 e. The SMILES string of the molecule is CSc1nnc(Cc2ccccc2)n1/N=C\c1cc([N+](=O)[O-])c(O)cc1O. The van der Waals surface area contributed by atoms with Crippen molar-refractivity contribution in [3.05, 3.63) is 69.5 Å². The maximum absolute atomic E-state index is 11.0. The Morgan fingerprint density at radius 3 is 2.63 bits per heavy atom. The molecule has 0 spiro atoms. The summed E-state index contributed by atoms with van der Waals surface area (Å²) in [5.74, 6) is -0.367. The van der Waals surface area contributed by atoms with Crippen LogP contribution in [0.4, 0.5) is 5.69 Å². The van der Waals surface area contributed by atoms with Gasteiger partial charge in [0.15, 0.2) is 11.6 Å². The first kappa shape index (κ1) is 18.4. The molecule has 0 aliphatic rings. The summed E-state index contributed by atoms with van der Waals surface area (Å²) in [7, 11) is 0. The molecule has 3 rings (SSSR count). The number of aromatic hydroxyl groups is 2. The van der Waals surface area contributed by atoms with Gasteiger partial charge in [0.2, 0.25) is 5.16 Å². The third kappa shape index (κ3) is 4.06. The second-order valence-electron chi connectivity index (χ2n) is 5.48. The molecule has 10 heteroatoms. The van der Waals surface area contributed by atoms with E-state index in [4.69, 9.17) is 0 Å². The number of hydrogen-bond acceptors (Lipinski definition) is 8. The van der Waals surface area contributed by atoms with Crippen LogP contribution in [0.15, 0.2) is 52.7 Å². The Bertz CT molecular complexity index is 1000. The number of benzene rings is 2. The van der Waals surface area contributed by atoms with Crippen LogP contribution < -0.4 is 0 Å². The molecule has 0 bridgehead atoms. The van der Waals surface area contributed by atoms with Crippen molar-refractivity contribution in [1.82, 2.24) is 14.9 Å². The summed E-state index contributed by atoms with van der Waals surface area (Å²) in [4.78, 5) is 10.2. The van der Waals surface area contributed by atoms with Gasteiger partial charge in [-0.3, -0.25) is 10.1 Å². The number of hydrogen-bond donors (Lipinski definition) is 2. The molecule has 0 fully saturated rings. The van der Waals surface area contributed by atoms with Crippen LogP contribution in [0.5, 0.6) is 11.5 Å². The first-order chi connectivity index (χ1) is 13.0. The molecular weight excluding hydrogens is 370 g/mol. The molecule has 0 atom stereocenters. The van der Waals surface area contributed by atoms with Gasteiger partial charge < -0.3 is 10.2 Å². The van der Waals surface area contributed by atoms with Crippen LogP contribution in [0.3, 0.4) is 0 Å². The lowest BCUT2D eigenvalue weighted by atomic mass is 10.1. The standard InChI is InChI=1S/C17H15N5O4S/c1-27-17-20-19-16(7-11-5-3-2-4-6-11)21(17)18-10-12-8-13(22(25)26)15(24)9-14(12)23/h2-6,8-10,23-24H,7H2,1H3/b18-10-. The third-order valence-corrected chi connectivity index (χ3v) is 4.32. The lowest BCUT2D eigenvalue weighted by molar-refractivity contribution is -0.385. The zero-order valence-corrected chi connectivity index (χ0v) is 15.0. The molecule has 0 amide bonds. The van der Waals surface area contributed by atoms with E-state index in [1.165, 1.54) is 22.7 Å². The third-order valence-electron chi connectivity index (χ3n) is 3.70. The highest BCUT2D eigenvalue weighted by molar-refractivity contribution is 7.98. The van der Waals surface area contributed by atoms with Gasteiger partial charge in [0, 0.05) is 24.1 Å². The normalized spacial score (nSPS) is 11.1. The highest BCUT2D eigenvalue weighted by atomic mass is 32.2.